The van der Waals surface area contributed by atoms with E-state index in [9.17, 15) is 0 Å². The predicted molar refractivity (Wildman–Crippen MR) is 79.2 cm³/mol. The molecule has 0 N–H and O–H groups in total. The average molecular weight is 462 g/mol. The summed E-state index contributed by atoms with van der Waals surface area (Å²) in [5.41, 5.74) is 0. The van der Waals surface area contributed by atoms with Gasteiger partial charge >= 0.3 is 0 Å². The summed E-state index contributed by atoms with van der Waals surface area (Å²) in [5, 5.41) is 0. The van der Waals surface area contributed by atoms with Crippen molar-refractivity contribution in [3.8, 4) is 0 Å². The van der Waals surface area contributed by atoms with Crippen LogP contribution in [-0.2, 0) is 0 Å². The number of alkyl halides is 4. The summed E-state index contributed by atoms with van der Waals surface area (Å²) in [6.45, 7) is 0. The molecule has 0 bridgehead atoms. The van der Waals surface area contributed by atoms with Gasteiger partial charge in [-0.15, -0.1) is 0 Å². The minimum atomic E-state index is 0.124. The van der Waals surface area contributed by atoms with Gasteiger partial charge in [-0.05, 0) is 0 Å². The van der Waals surface area contributed by atoms with Gasteiger partial charge in [0.25, 0.3) is 0 Å². The van der Waals surface area contributed by atoms with Crippen molar-refractivity contribution in [3.63, 3.8) is 0 Å². The highest BCUT2D eigenvalue weighted by Crippen LogP contribution is 2.12. The quantitative estimate of drug-likeness (QED) is 0.310. The third kappa shape index (κ3) is 12.4. The van der Waals surface area contributed by atoms with Crippen molar-refractivity contribution < 1.29 is 0 Å². The lowest BCUT2D eigenvalue weighted by Gasteiger charge is -2.01. The first kappa shape index (κ1) is 14.4. The Morgan fingerprint density at radius 1 is 0.750 bits per heavy atom. The van der Waals surface area contributed by atoms with Gasteiger partial charge in [-0.25, -0.2) is 0 Å². The molecule has 0 radical (unpaired) electrons. The maximum absolute atomic E-state index is 3.54. The van der Waals surface area contributed by atoms with Crippen LogP contribution in [0.2, 0.25) is 12.1 Å². The van der Waals surface area contributed by atoms with Gasteiger partial charge in [0.05, 0.1) is 6.72 Å². The average Bonchev–Trinajstić information content (AvgIpc) is 1.95. The zero-order chi connectivity index (χ0) is 9.40. The molecule has 0 aliphatic heterocycles. The smallest absolute Gasteiger partial charge is 0.0551 e. The fourth-order valence-electron chi connectivity index (χ4n) is 0.951. The summed E-state index contributed by atoms with van der Waals surface area (Å²) < 4.78 is 1.31. The number of hydrogen-bond donors (Lipinski definition) is 0. The summed E-state index contributed by atoms with van der Waals surface area (Å²) >= 11 is 14.2. The van der Waals surface area contributed by atoms with E-state index in [0.29, 0.717) is 6.72 Å². The Morgan fingerprint density at radius 2 is 1.08 bits per heavy atom. The van der Waals surface area contributed by atoms with Crippen LogP contribution < -0.4 is 0 Å². The van der Waals surface area contributed by atoms with Crippen LogP contribution in [0.15, 0.2) is 0 Å². The molecular formula is C6H14Br4Si2. The zero-order valence-electron chi connectivity index (χ0n) is 6.91. The molecule has 0 amide bonds. The number of unbranched alkanes of at least 4 members (excludes halogenated alkanes) is 1. The Bertz CT molecular complexity index is 87.5. The van der Waals surface area contributed by atoms with E-state index in [0.717, 1.165) is 0 Å². The monoisotopic (exact) mass is 458 g/mol. The number of rotatable bonds is 7. The fourth-order valence-corrected chi connectivity index (χ4v) is 6.74. The molecule has 74 valence electrons. The van der Waals surface area contributed by atoms with E-state index < -0.39 is 0 Å². The van der Waals surface area contributed by atoms with Crippen LogP contribution in [0.25, 0.3) is 0 Å². The summed E-state index contributed by atoms with van der Waals surface area (Å²) in [7, 11) is 0.248. The minimum Gasteiger partial charge on any atom is -0.0810 e. The van der Waals surface area contributed by atoms with Crippen LogP contribution >= 0.6 is 63.7 Å². The van der Waals surface area contributed by atoms with E-state index in [1.807, 2.05) is 0 Å². The van der Waals surface area contributed by atoms with Crippen LogP contribution in [0, 0.1) is 0 Å². The third-order valence-electron chi connectivity index (χ3n) is 1.59. The van der Waals surface area contributed by atoms with Crippen LogP contribution in [0.3, 0.4) is 0 Å². The molecule has 0 unspecified atom stereocenters. The van der Waals surface area contributed by atoms with Gasteiger partial charge in [-0.2, -0.15) is 0 Å². The summed E-state index contributed by atoms with van der Waals surface area (Å²) in [6.07, 6.45) is 2.89. The minimum absolute atomic E-state index is 0.124. The highest BCUT2D eigenvalue weighted by Gasteiger charge is 2.00. The highest BCUT2D eigenvalue weighted by atomic mass is 79.9. The molecule has 6 heteroatoms. The van der Waals surface area contributed by atoms with E-state index in [-0.39, 0.29) is 19.0 Å². The van der Waals surface area contributed by atoms with Crippen molar-refractivity contribution in [2.45, 2.75) is 31.6 Å². The van der Waals surface area contributed by atoms with Gasteiger partial charge in [0.2, 0.25) is 0 Å². The molecule has 0 atom stereocenters. The van der Waals surface area contributed by atoms with Gasteiger partial charge in [-0.1, -0.05) is 88.6 Å². The molecule has 0 aromatic rings. The second kappa shape index (κ2) is 9.89. The lowest BCUT2D eigenvalue weighted by molar-refractivity contribution is 0.873. The largest absolute Gasteiger partial charge is 0.0810 e. The Balaban J connectivity index is 2.91. The van der Waals surface area contributed by atoms with Crippen molar-refractivity contribution in [1.29, 1.82) is 0 Å². The van der Waals surface area contributed by atoms with Crippen LogP contribution in [0.1, 0.15) is 12.8 Å². The Labute approximate surface area is 113 Å². The van der Waals surface area contributed by atoms with Crippen molar-refractivity contribution in [2.75, 3.05) is 0 Å². The molecule has 0 saturated carbocycles. The zero-order valence-corrected chi connectivity index (χ0v) is 16.1. The van der Waals surface area contributed by atoms with Gasteiger partial charge in [-0.3, -0.25) is 0 Å². The van der Waals surface area contributed by atoms with E-state index >= 15 is 0 Å². The second-order valence-corrected chi connectivity index (χ2v) is 18.6. The molecule has 12 heavy (non-hydrogen) atoms. The summed E-state index contributed by atoms with van der Waals surface area (Å²) in [4.78, 5) is 0. The lowest BCUT2D eigenvalue weighted by Crippen LogP contribution is -2.01. The van der Waals surface area contributed by atoms with Gasteiger partial charge in [0.15, 0.2) is 0 Å². The Kier molecular flexibility index (Phi) is 11.8. The standard InChI is InChI=1S/C6H14Br4Si2/c7-5(8)11-3-1-2-4-12-6(9)10/h5-6H,1-4,11-12H2. The maximum atomic E-state index is 3.54. The van der Waals surface area contributed by atoms with Crippen molar-refractivity contribution in [1.82, 2.24) is 0 Å². The second-order valence-electron chi connectivity index (χ2n) is 2.77. The summed E-state index contributed by atoms with van der Waals surface area (Å²) in [5.74, 6) is 0. The molecule has 0 aliphatic rings. The van der Waals surface area contributed by atoms with Crippen LogP contribution in [0.4, 0.5) is 0 Å². The molecule has 0 heterocycles. The molecule has 0 spiro atoms. The first-order valence-corrected chi connectivity index (χ1v) is 11.5. The molecular weight excluding hydrogens is 448 g/mol. The molecule has 0 fully saturated rings. The lowest BCUT2D eigenvalue weighted by atomic mass is 10.4. The number of halogens is 4. The Morgan fingerprint density at radius 3 is 1.33 bits per heavy atom. The molecule has 0 aromatic heterocycles. The maximum Gasteiger partial charge on any atom is 0.0551 e. The number of hydrogen-bond acceptors (Lipinski definition) is 0. The summed E-state index contributed by atoms with van der Waals surface area (Å²) in [6, 6.07) is 2.95. The van der Waals surface area contributed by atoms with E-state index in [2.05, 4.69) is 63.7 Å². The van der Waals surface area contributed by atoms with Crippen molar-refractivity contribution in [2.24, 2.45) is 0 Å². The first-order chi connectivity index (χ1) is 5.63. The highest BCUT2D eigenvalue weighted by molar-refractivity contribution is 9.25. The molecule has 0 aliphatic carbocycles. The SMILES string of the molecule is BrC(Br)[SiH2]CCCC[SiH2]C(Br)Br. The van der Waals surface area contributed by atoms with Gasteiger partial charge in [0.1, 0.15) is 0 Å². The Hall–Kier alpha value is 2.35. The molecule has 0 saturated heterocycles. The van der Waals surface area contributed by atoms with Crippen molar-refractivity contribution in [3.05, 3.63) is 0 Å². The van der Waals surface area contributed by atoms with Crippen molar-refractivity contribution >= 4 is 82.8 Å². The predicted octanol–water partition coefficient (Wildman–Crippen LogP) is 3.09. The topological polar surface area (TPSA) is 0 Å². The van der Waals surface area contributed by atoms with Gasteiger partial charge in [0, 0.05) is 19.0 Å². The van der Waals surface area contributed by atoms with E-state index in [1.165, 1.54) is 24.9 Å². The van der Waals surface area contributed by atoms with Crippen LogP contribution in [0.5, 0.6) is 0 Å². The fraction of sp³-hybridized carbons (Fsp3) is 1.00. The van der Waals surface area contributed by atoms with Crippen LogP contribution in [-0.4, -0.2) is 25.8 Å². The molecule has 0 rings (SSSR count). The normalized spacial score (nSPS) is 13.5. The third-order valence-corrected chi connectivity index (χ3v) is 9.78. The molecule has 0 nitrogen and oxygen atoms in total. The van der Waals surface area contributed by atoms with E-state index in [4.69, 9.17) is 0 Å². The van der Waals surface area contributed by atoms with Gasteiger partial charge < -0.3 is 0 Å². The van der Waals surface area contributed by atoms with E-state index in [1.54, 1.807) is 0 Å². The molecule has 0 aromatic carbocycles. The first-order valence-electron chi connectivity index (χ1n) is 4.19.